The van der Waals surface area contributed by atoms with Crippen LogP contribution in [-0.4, -0.2) is 12.5 Å². The van der Waals surface area contributed by atoms with Gasteiger partial charge in [0.15, 0.2) is 11.5 Å². The Morgan fingerprint density at radius 3 is 2.50 bits per heavy atom. The van der Waals surface area contributed by atoms with Crippen molar-refractivity contribution >= 4 is 27.5 Å². The maximum atomic E-state index is 12.7. The zero-order valence-corrected chi connectivity index (χ0v) is 17.5. The molecule has 4 nitrogen and oxygen atoms in total. The zero-order valence-electron chi connectivity index (χ0n) is 15.9. The zero-order chi connectivity index (χ0) is 19.9. The van der Waals surface area contributed by atoms with E-state index < -0.39 is 0 Å². The molecule has 0 spiro atoms. The van der Waals surface area contributed by atoms with Gasteiger partial charge >= 0.3 is 0 Å². The molecule has 0 aromatic heterocycles. The highest BCUT2D eigenvalue weighted by Crippen LogP contribution is 2.37. The van der Waals surface area contributed by atoms with Crippen LogP contribution >= 0.6 is 15.9 Å². The number of hydrogen-bond donors (Lipinski definition) is 1. The van der Waals surface area contributed by atoms with Crippen molar-refractivity contribution in [2.24, 2.45) is 0 Å². The quantitative estimate of drug-likeness (QED) is 0.491. The van der Waals surface area contributed by atoms with E-state index in [1.54, 1.807) is 12.1 Å². The maximum absolute atomic E-state index is 12.7. The Morgan fingerprint density at radius 2 is 1.79 bits per heavy atom. The summed E-state index contributed by atoms with van der Waals surface area (Å²) < 4.78 is 12.4. The molecule has 0 aliphatic rings. The molecule has 0 aliphatic heterocycles. The van der Waals surface area contributed by atoms with E-state index in [9.17, 15) is 4.79 Å². The Balaban J connectivity index is 1.85. The number of aryl methyl sites for hydroxylation is 1. The second-order valence-electron chi connectivity index (χ2n) is 6.32. The molecule has 0 heterocycles. The fourth-order valence-electron chi connectivity index (χ4n) is 2.75. The largest absolute Gasteiger partial charge is 0.489 e. The van der Waals surface area contributed by atoms with Crippen LogP contribution in [0, 0.1) is 6.92 Å². The van der Waals surface area contributed by atoms with Gasteiger partial charge in [0, 0.05) is 11.3 Å². The van der Waals surface area contributed by atoms with Crippen LogP contribution in [-0.2, 0) is 6.61 Å². The molecule has 3 aromatic carbocycles. The maximum Gasteiger partial charge on any atom is 0.255 e. The second-order valence-corrected chi connectivity index (χ2v) is 7.17. The van der Waals surface area contributed by atoms with E-state index in [1.807, 2.05) is 68.4 Å². The molecule has 5 heteroatoms. The summed E-state index contributed by atoms with van der Waals surface area (Å²) in [7, 11) is 0. The first kappa shape index (κ1) is 20.0. The van der Waals surface area contributed by atoms with Crippen molar-refractivity contribution in [3.05, 3.63) is 87.9 Å². The van der Waals surface area contributed by atoms with Crippen LogP contribution in [0.15, 0.2) is 71.2 Å². The first-order chi connectivity index (χ1) is 13.6. The van der Waals surface area contributed by atoms with Crippen LogP contribution in [0.25, 0.3) is 0 Å². The minimum atomic E-state index is -0.209. The first-order valence-corrected chi connectivity index (χ1v) is 9.87. The molecule has 0 aliphatic carbocycles. The van der Waals surface area contributed by atoms with Crippen molar-refractivity contribution in [2.75, 3.05) is 11.9 Å². The third-order valence-electron chi connectivity index (χ3n) is 4.07. The van der Waals surface area contributed by atoms with E-state index >= 15 is 0 Å². The lowest BCUT2D eigenvalue weighted by molar-refractivity contribution is 0.102. The number of hydrogen-bond acceptors (Lipinski definition) is 3. The standard InChI is InChI=1S/C23H22BrNO3/c1-3-27-22-20(24)13-18(23(26)25-19-11-7-8-16(2)12-19)14-21(22)28-15-17-9-5-4-6-10-17/h4-14H,3,15H2,1-2H3,(H,25,26). The van der Waals surface area contributed by atoms with Crippen LogP contribution in [0.2, 0.25) is 0 Å². The van der Waals surface area contributed by atoms with Crippen molar-refractivity contribution in [2.45, 2.75) is 20.5 Å². The molecular weight excluding hydrogens is 418 g/mol. The van der Waals surface area contributed by atoms with E-state index in [0.717, 1.165) is 16.8 Å². The number of benzene rings is 3. The summed E-state index contributed by atoms with van der Waals surface area (Å²) in [4.78, 5) is 12.7. The SMILES string of the molecule is CCOc1c(Br)cc(C(=O)Nc2cccc(C)c2)cc1OCc1ccccc1. The van der Waals surface area contributed by atoms with E-state index in [1.165, 1.54) is 0 Å². The number of anilines is 1. The minimum Gasteiger partial charge on any atom is -0.489 e. The molecule has 28 heavy (non-hydrogen) atoms. The monoisotopic (exact) mass is 439 g/mol. The predicted molar refractivity (Wildman–Crippen MR) is 115 cm³/mol. The summed E-state index contributed by atoms with van der Waals surface area (Å²) in [6, 6.07) is 21.0. The number of rotatable bonds is 7. The van der Waals surface area contributed by atoms with Crippen molar-refractivity contribution in [3.63, 3.8) is 0 Å². The highest BCUT2D eigenvalue weighted by atomic mass is 79.9. The van der Waals surface area contributed by atoms with Gasteiger partial charge in [0.1, 0.15) is 6.61 Å². The molecule has 3 aromatic rings. The number of halogens is 1. The van der Waals surface area contributed by atoms with E-state index in [-0.39, 0.29) is 5.91 Å². The summed E-state index contributed by atoms with van der Waals surface area (Å²) in [6.45, 7) is 4.77. The van der Waals surface area contributed by atoms with Crippen LogP contribution in [0.5, 0.6) is 11.5 Å². The van der Waals surface area contributed by atoms with Crippen LogP contribution < -0.4 is 14.8 Å². The van der Waals surface area contributed by atoms with Gasteiger partial charge in [-0.1, -0.05) is 42.5 Å². The molecule has 0 fully saturated rings. The Morgan fingerprint density at radius 1 is 1.00 bits per heavy atom. The number of nitrogens with one attached hydrogen (secondary N) is 1. The highest BCUT2D eigenvalue weighted by molar-refractivity contribution is 9.10. The average Bonchev–Trinajstić information content (AvgIpc) is 2.69. The van der Waals surface area contributed by atoms with Crippen molar-refractivity contribution in [1.82, 2.24) is 0 Å². The molecule has 3 rings (SSSR count). The third kappa shape index (κ3) is 5.14. The van der Waals surface area contributed by atoms with E-state index in [4.69, 9.17) is 9.47 Å². The molecule has 0 atom stereocenters. The molecule has 1 amide bonds. The molecule has 144 valence electrons. The normalized spacial score (nSPS) is 10.4. The second kappa shape index (κ2) is 9.42. The first-order valence-electron chi connectivity index (χ1n) is 9.08. The average molecular weight is 440 g/mol. The lowest BCUT2D eigenvalue weighted by atomic mass is 10.1. The van der Waals surface area contributed by atoms with Gasteiger partial charge in [0.2, 0.25) is 0 Å². The Kier molecular flexibility index (Phi) is 6.71. The van der Waals surface area contributed by atoms with Crippen LogP contribution in [0.4, 0.5) is 5.69 Å². The van der Waals surface area contributed by atoms with Crippen LogP contribution in [0.3, 0.4) is 0 Å². The van der Waals surface area contributed by atoms with E-state index in [2.05, 4.69) is 21.2 Å². The van der Waals surface area contributed by atoms with Crippen molar-refractivity contribution in [1.29, 1.82) is 0 Å². The predicted octanol–water partition coefficient (Wildman–Crippen LogP) is 5.99. The number of carbonyl (C=O) groups is 1. The van der Waals surface area contributed by atoms with Gasteiger partial charge < -0.3 is 14.8 Å². The summed E-state index contributed by atoms with van der Waals surface area (Å²) in [5.74, 6) is 0.902. The van der Waals surface area contributed by atoms with Gasteiger partial charge in [-0.2, -0.15) is 0 Å². The van der Waals surface area contributed by atoms with Gasteiger partial charge in [-0.3, -0.25) is 4.79 Å². The fraction of sp³-hybridized carbons (Fsp3) is 0.174. The molecule has 1 N–H and O–H groups in total. The minimum absolute atomic E-state index is 0.209. The number of carbonyl (C=O) groups excluding carboxylic acids is 1. The topological polar surface area (TPSA) is 47.6 Å². The summed E-state index contributed by atoms with van der Waals surface area (Å²) in [6.07, 6.45) is 0. The highest BCUT2D eigenvalue weighted by Gasteiger charge is 2.16. The number of amides is 1. The lowest BCUT2D eigenvalue weighted by Gasteiger charge is -2.15. The van der Waals surface area contributed by atoms with Gasteiger partial charge in [0.25, 0.3) is 5.91 Å². The Bertz CT molecular complexity index is 957. The van der Waals surface area contributed by atoms with Gasteiger partial charge in [-0.15, -0.1) is 0 Å². The summed E-state index contributed by atoms with van der Waals surface area (Å²) in [5, 5.41) is 2.92. The summed E-state index contributed by atoms with van der Waals surface area (Å²) >= 11 is 3.51. The van der Waals surface area contributed by atoms with Gasteiger partial charge in [-0.25, -0.2) is 0 Å². The van der Waals surface area contributed by atoms with Gasteiger partial charge in [0.05, 0.1) is 11.1 Å². The molecule has 0 bridgehead atoms. The van der Waals surface area contributed by atoms with Crippen molar-refractivity contribution in [3.8, 4) is 11.5 Å². The number of ether oxygens (including phenoxy) is 2. The molecule has 0 saturated carbocycles. The molecule has 0 radical (unpaired) electrons. The summed E-state index contributed by atoms with van der Waals surface area (Å²) in [5.41, 5.74) is 3.36. The molecular formula is C23H22BrNO3. The smallest absolute Gasteiger partial charge is 0.255 e. The van der Waals surface area contributed by atoms with Crippen molar-refractivity contribution < 1.29 is 14.3 Å². The Hall–Kier alpha value is -2.79. The lowest BCUT2D eigenvalue weighted by Crippen LogP contribution is -2.13. The Labute approximate surface area is 173 Å². The fourth-order valence-corrected chi connectivity index (χ4v) is 3.31. The van der Waals surface area contributed by atoms with E-state index in [0.29, 0.717) is 34.7 Å². The third-order valence-corrected chi connectivity index (χ3v) is 4.66. The van der Waals surface area contributed by atoms with Crippen LogP contribution in [0.1, 0.15) is 28.4 Å². The molecule has 0 saturated heterocycles. The van der Waals surface area contributed by atoms with Gasteiger partial charge in [-0.05, 0) is 65.2 Å². The molecule has 0 unspecified atom stereocenters.